The van der Waals surface area contributed by atoms with Crippen molar-refractivity contribution in [2.24, 2.45) is 5.92 Å². The molecule has 16 heavy (non-hydrogen) atoms. The Morgan fingerprint density at radius 2 is 2.50 bits per heavy atom. The molecule has 1 amide bonds. The first-order chi connectivity index (χ1) is 7.61. The van der Waals surface area contributed by atoms with Gasteiger partial charge in [-0.2, -0.15) is 0 Å². The van der Waals surface area contributed by atoms with Crippen molar-refractivity contribution in [1.29, 1.82) is 0 Å². The van der Waals surface area contributed by atoms with E-state index in [4.69, 9.17) is 0 Å². The standard InChI is InChI=1S/C11H15BrN2OS/c1-7(10-6-16-8(2)13-10)14-5-9(4-12)3-11(14)15/h6-7,9H,3-5H2,1-2H3. The lowest BCUT2D eigenvalue weighted by Gasteiger charge is -2.23. The number of likely N-dealkylation sites (tertiary alicyclic amines) is 1. The fourth-order valence-electron chi connectivity index (χ4n) is 2.02. The van der Waals surface area contributed by atoms with Gasteiger partial charge in [0, 0.05) is 23.7 Å². The Balaban J connectivity index is 2.10. The minimum absolute atomic E-state index is 0.112. The normalized spacial score (nSPS) is 22.8. The largest absolute Gasteiger partial charge is 0.334 e. The number of amides is 1. The molecule has 2 atom stereocenters. The molecule has 0 spiro atoms. The summed E-state index contributed by atoms with van der Waals surface area (Å²) in [5, 5.41) is 4.01. The highest BCUT2D eigenvalue weighted by Crippen LogP contribution is 2.29. The monoisotopic (exact) mass is 302 g/mol. The lowest BCUT2D eigenvalue weighted by Crippen LogP contribution is -2.28. The van der Waals surface area contributed by atoms with Gasteiger partial charge >= 0.3 is 0 Å². The highest BCUT2D eigenvalue weighted by molar-refractivity contribution is 9.09. The molecule has 0 bridgehead atoms. The molecule has 1 aromatic heterocycles. The Morgan fingerprint density at radius 3 is 3.00 bits per heavy atom. The lowest BCUT2D eigenvalue weighted by molar-refractivity contribution is -0.129. The minimum atomic E-state index is 0.112. The molecular weight excluding hydrogens is 288 g/mol. The summed E-state index contributed by atoms with van der Waals surface area (Å²) < 4.78 is 0. The second-order valence-corrected chi connectivity index (χ2v) is 5.95. The number of rotatable bonds is 3. The Bertz CT molecular complexity index is 393. The lowest BCUT2D eigenvalue weighted by atomic mass is 10.1. The molecule has 2 rings (SSSR count). The summed E-state index contributed by atoms with van der Waals surface area (Å²) in [6, 6.07) is 0.112. The van der Waals surface area contributed by atoms with Crippen molar-refractivity contribution >= 4 is 33.2 Å². The zero-order valence-corrected chi connectivity index (χ0v) is 11.8. The van der Waals surface area contributed by atoms with Crippen LogP contribution in [0.2, 0.25) is 0 Å². The van der Waals surface area contributed by atoms with Crippen LogP contribution in [0.1, 0.15) is 30.1 Å². The van der Waals surface area contributed by atoms with Crippen LogP contribution in [0.5, 0.6) is 0 Å². The van der Waals surface area contributed by atoms with Gasteiger partial charge in [0.25, 0.3) is 0 Å². The maximum Gasteiger partial charge on any atom is 0.223 e. The highest BCUT2D eigenvalue weighted by Gasteiger charge is 2.33. The van der Waals surface area contributed by atoms with E-state index in [0.717, 1.165) is 22.6 Å². The summed E-state index contributed by atoms with van der Waals surface area (Å²) >= 11 is 5.09. The Morgan fingerprint density at radius 1 is 1.75 bits per heavy atom. The number of nitrogens with zero attached hydrogens (tertiary/aromatic N) is 2. The van der Waals surface area contributed by atoms with Gasteiger partial charge in [0.1, 0.15) is 0 Å². The van der Waals surface area contributed by atoms with Gasteiger partial charge in [-0.05, 0) is 19.8 Å². The zero-order valence-electron chi connectivity index (χ0n) is 9.44. The quantitative estimate of drug-likeness (QED) is 0.805. The van der Waals surface area contributed by atoms with Gasteiger partial charge in [-0.15, -0.1) is 11.3 Å². The fourth-order valence-corrected chi connectivity index (χ4v) is 3.15. The number of hydrogen-bond donors (Lipinski definition) is 0. The van der Waals surface area contributed by atoms with Crippen LogP contribution in [0, 0.1) is 12.8 Å². The summed E-state index contributed by atoms with van der Waals surface area (Å²) in [6.45, 7) is 4.90. The summed E-state index contributed by atoms with van der Waals surface area (Å²) in [4.78, 5) is 18.2. The topological polar surface area (TPSA) is 33.2 Å². The summed E-state index contributed by atoms with van der Waals surface area (Å²) in [7, 11) is 0. The molecule has 2 heterocycles. The van der Waals surface area contributed by atoms with Gasteiger partial charge in [-0.1, -0.05) is 15.9 Å². The first kappa shape index (κ1) is 12.0. The van der Waals surface area contributed by atoms with Crippen LogP contribution in [-0.2, 0) is 4.79 Å². The second kappa shape index (κ2) is 4.84. The van der Waals surface area contributed by atoms with Crippen molar-refractivity contribution in [3.63, 3.8) is 0 Å². The number of thiazole rings is 1. The van der Waals surface area contributed by atoms with Crippen LogP contribution in [0.25, 0.3) is 0 Å². The summed E-state index contributed by atoms with van der Waals surface area (Å²) in [6.07, 6.45) is 0.665. The number of aromatic nitrogens is 1. The van der Waals surface area contributed by atoms with Crippen LogP contribution < -0.4 is 0 Å². The molecule has 0 radical (unpaired) electrons. The van der Waals surface area contributed by atoms with Crippen molar-refractivity contribution in [3.8, 4) is 0 Å². The van der Waals surface area contributed by atoms with Crippen LogP contribution >= 0.6 is 27.3 Å². The smallest absolute Gasteiger partial charge is 0.223 e. The first-order valence-corrected chi connectivity index (χ1v) is 7.39. The zero-order chi connectivity index (χ0) is 11.7. The van der Waals surface area contributed by atoms with E-state index in [-0.39, 0.29) is 11.9 Å². The van der Waals surface area contributed by atoms with Crippen molar-refractivity contribution in [2.45, 2.75) is 26.3 Å². The molecular formula is C11H15BrN2OS. The van der Waals surface area contributed by atoms with Crippen molar-refractivity contribution in [3.05, 3.63) is 16.1 Å². The van der Waals surface area contributed by atoms with Crippen LogP contribution in [0.3, 0.4) is 0 Å². The van der Waals surface area contributed by atoms with Crippen LogP contribution in [0.15, 0.2) is 5.38 Å². The molecule has 5 heteroatoms. The molecule has 0 aliphatic carbocycles. The van der Waals surface area contributed by atoms with Gasteiger partial charge in [0.2, 0.25) is 5.91 Å². The third-order valence-electron chi connectivity index (χ3n) is 2.99. The number of carbonyl (C=O) groups is 1. The van der Waals surface area contributed by atoms with E-state index >= 15 is 0 Å². The summed E-state index contributed by atoms with van der Waals surface area (Å²) in [5.74, 6) is 0.706. The number of halogens is 1. The molecule has 3 nitrogen and oxygen atoms in total. The number of carbonyl (C=O) groups excluding carboxylic acids is 1. The van der Waals surface area contributed by atoms with Crippen LogP contribution in [-0.4, -0.2) is 27.7 Å². The maximum absolute atomic E-state index is 11.8. The van der Waals surface area contributed by atoms with Crippen molar-refractivity contribution in [1.82, 2.24) is 9.88 Å². The maximum atomic E-state index is 11.8. The molecule has 1 fully saturated rings. The molecule has 1 saturated heterocycles. The Hall–Kier alpha value is -0.420. The van der Waals surface area contributed by atoms with Gasteiger partial charge < -0.3 is 4.90 Å². The third kappa shape index (κ3) is 2.30. The predicted octanol–water partition coefficient (Wildman–Crippen LogP) is 2.76. The average Bonchev–Trinajstić information content (AvgIpc) is 2.83. The number of aryl methyl sites for hydroxylation is 1. The molecule has 0 aromatic carbocycles. The van der Waals surface area contributed by atoms with Crippen molar-refractivity contribution < 1.29 is 4.79 Å². The Labute approximate surface area is 108 Å². The fraction of sp³-hybridized carbons (Fsp3) is 0.636. The second-order valence-electron chi connectivity index (χ2n) is 4.24. The molecule has 1 aromatic rings. The van der Waals surface area contributed by atoms with E-state index in [1.165, 1.54) is 0 Å². The summed E-state index contributed by atoms with van der Waals surface area (Å²) in [5.41, 5.74) is 1.02. The van der Waals surface area contributed by atoms with E-state index in [1.54, 1.807) is 11.3 Å². The van der Waals surface area contributed by atoms with Crippen molar-refractivity contribution in [2.75, 3.05) is 11.9 Å². The van der Waals surface area contributed by atoms with E-state index in [1.807, 2.05) is 11.8 Å². The molecule has 1 aliphatic rings. The molecule has 0 N–H and O–H groups in total. The SMILES string of the molecule is Cc1nc(C(C)N2CC(CBr)CC2=O)cs1. The average molecular weight is 303 g/mol. The first-order valence-electron chi connectivity index (χ1n) is 5.39. The minimum Gasteiger partial charge on any atom is -0.334 e. The van der Waals surface area contributed by atoms with E-state index in [2.05, 4.69) is 33.2 Å². The number of hydrogen-bond acceptors (Lipinski definition) is 3. The Kier molecular flexibility index (Phi) is 3.64. The molecule has 88 valence electrons. The van der Waals surface area contributed by atoms with E-state index < -0.39 is 0 Å². The third-order valence-corrected chi connectivity index (χ3v) is 4.70. The predicted molar refractivity (Wildman–Crippen MR) is 68.9 cm³/mol. The molecule has 1 aliphatic heterocycles. The van der Waals surface area contributed by atoms with E-state index in [9.17, 15) is 4.79 Å². The van der Waals surface area contributed by atoms with Gasteiger partial charge in [-0.25, -0.2) is 4.98 Å². The van der Waals surface area contributed by atoms with Gasteiger partial charge in [-0.3, -0.25) is 4.79 Å². The highest BCUT2D eigenvalue weighted by atomic mass is 79.9. The van der Waals surface area contributed by atoms with Gasteiger partial charge in [0.05, 0.1) is 16.7 Å². The number of alkyl halides is 1. The van der Waals surface area contributed by atoms with Crippen LogP contribution in [0.4, 0.5) is 0 Å². The van der Waals surface area contributed by atoms with E-state index in [0.29, 0.717) is 12.3 Å². The molecule has 2 unspecified atom stereocenters. The van der Waals surface area contributed by atoms with Gasteiger partial charge in [0.15, 0.2) is 0 Å². The molecule has 0 saturated carbocycles.